The third-order valence-corrected chi connectivity index (χ3v) is 3.89. The van der Waals surface area contributed by atoms with E-state index < -0.39 is 23.5 Å². The van der Waals surface area contributed by atoms with Crippen molar-refractivity contribution in [3.8, 4) is 0 Å². The molecule has 0 aliphatic rings. The molecule has 0 heterocycles. The Labute approximate surface area is 130 Å². The first-order valence-corrected chi connectivity index (χ1v) is 6.84. The van der Waals surface area contributed by atoms with Gasteiger partial charge in [0.15, 0.2) is 0 Å². The first kappa shape index (κ1) is 16.8. The van der Waals surface area contributed by atoms with Crippen LogP contribution in [0.2, 0.25) is 0 Å². The molecular weight excluding hydrogens is 373 g/mol. The van der Waals surface area contributed by atoms with E-state index in [-0.39, 0.29) is 15.5 Å². The predicted molar refractivity (Wildman–Crippen MR) is 71.9 cm³/mol. The van der Waals surface area contributed by atoms with E-state index >= 15 is 0 Å². The van der Waals surface area contributed by atoms with E-state index in [1.807, 2.05) is 0 Å². The molecule has 0 unspecified atom stereocenters. The van der Waals surface area contributed by atoms with Gasteiger partial charge in [-0.05, 0) is 0 Å². The Bertz CT molecular complexity index is 640. The first-order chi connectivity index (χ1) is 10.1. The minimum absolute atomic E-state index is 0.175. The molecule has 0 N–H and O–H groups in total. The van der Waals surface area contributed by atoms with Crippen LogP contribution < -0.4 is 0 Å². The summed E-state index contributed by atoms with van der Waals surface area (Å²) in [5.41, 5.74) is -1.36. The zero-order valence-corrected chi connectivity index (χ0v) is 12.5. The molecule has 22 heavy (non-hydrogen) atoms. The summed E-state index contributed by atoms with van der Waals surface area (Å²) in [5.74, 6) is 0. The number of benzene rings is 2. The van der Waals surface area contributed by atoms with Crippen molar-refractivity contribution < 1.29 is 26.3 Å². The van der Waals surface area contributed by atoms with Crippen molar-refractivity contribution in [2.45, 2.75) is 12.4 Å². The van der Waals surface area contributed by atoms with E-state index in [1.165, 1.54) is 24.3 Å². The standard InChI is InChI=1S/C15H8F6Se/c16-14(17,18)11-5-1-3-9(7-11)13(22)10-4-2-6-12(8-10)15(19,20)21/h1-8H. The summed E-state index contributed by atoms with van der Waals surface area (Å²) in [6, 6.07) is 8.83. The molecule has 0 aliphatic carbocycles. The normalized spacial score (nSPS) is 12.3. The average molecular weight is 381 g/mol. The van der Waals surface area contributed by atoms with Crippen molar-refractivity contribution in [3.05, 3.63) is 70.8 Å². The van der Waals surface area contributed by atoms with E-state index in [4.69, 9.17) is 0 Å². The van der Waals surface area contributed by atoms with Crippen LogP contribution in [-0.2, 0) is 12.4 Å². The first-order valence-electron chi connectivity index (χ1n) is 5.98. The van der Waals surface area contributed by atoms with Gasteiger partial charge in [0.05, 0.1) is 0 Å². The van der Waals surface area contributed by atoms with Crippen molar-refractivity contribution in [1.29, 1.82) is 0 Å². The van der Waals surface area contributed by atoms with Crippen LogP contribution in [0.1, 0.15) is 22.3 Å². The van der Waals surface area contributed by atoms with Gasteiger partial charge in [-0.2, -0.15) is 0 Å². The van der Waals surface area contributed by atoms with Crippen LogP contribution in [0.4, 0.5) is 26.3 Å². The number of hydrogen-bond donors (Lipinski definition) is 0. The summed E-state index contributed by atoms with van der Waals surface area (Å²) in [6.07, 6.45) is -9.02. The summed E-state index contributed by atoms with van der Waals surface area (Å²) in [7, 11) is 0. The summed E-state index contributed by atoms with van der Waals surface area (Å²) < 4.78 is 76.3. The van der Waals surface area contributed by atoms with Crippen LogP contribution in [0.15, 0.2) is 48.5 Å². The molecule has 0 radical (unpaired) electrons. The second-order valence-electron chi connectivity index (χ2n) is 4.49. The molecule has 0 fully saturated rings. The van der Waals surface area contributed by atoms with E-state index in [0.29, 0.717) is 0 Å². The van der Waals surface area contributed by atoms with Crippen molar-refractivity contribution >= 4 is 20.0 Å². The van der Waals surface area contributed by atoms with E-state index in [9.17, 15) is 26.3 Å². The molecule has 2 aromatic carbocycles. The van der Waals surface area contributed by atoms with Crippen LogP contribution >= 0.6 is 0 Å². The summed E-state index contributed by atoms with van der Waals surface area (Å²) in [5, 5.41) is 0. The Hall–Kier alpha value is -1.59. The fourth-order valence-corrected chi connectivity index (χ4v) is 2.37. The number of alkyl halides is 6. The van der Waals surface area contributed by atoms with Gasteiger partial charge in [0.2, 0.25) is 0 Å². The van der Waals surface area contributed by atoms with Gasteiger partial charge in [0.25, 0.3) is 0 Å². The number of rotatable bonds is 2. The van der Waals surface area contributed by atoms with Gasteiger partial charge in [-0.25, -0.2) is 0 Å². The molecule has 0 saturated carbocycles. The predicted octanol–water partition coefficient (Wildman–Crippen LogP) is 4.46. The van der Waals surface area contributed by atoms with Gasteiger partial charge in [-0.15, -0.1) is 0 Å². The van der Waals surface area contributed by atoms with Crippen LogP contribution in [0.25, 0.3) is 0 Å². The quantitative estimate of drug-likeness (QED) is 0.532. The monoisotopic (exact) mass is 382 g/mol. The van der Waals surface area contributed by atoms with Crippen LogP contribution in [0, 0.1) is 0 Å². The summed E-state index contributed by atoms with van der Waals surface area (Å²) in [4.78, 5) is 0. The van der Waals surface area contributed by atoms with Gasteiger partial charge < -0.3 is 0 Å². The Balaban J connectivity index is 2.41. The Morgan fingerprint density at radius 2 is 1.05 bits per heavy atom. The molecule has 0 aromatic heterocycles. The van der Waals surface area contributed by atoms with Crippen LogP contribution in [0.3, 0.4) is 0 Å². The zero-order chi connectivity index (χ0) is 16.5. The fraction of sp³-hybridized carbons (Fsp3) is 0.133. The second-order valence-corrected chi connectivity index (χ2v) is 5.34. The molecule has 0 amide bonds. The molecule has 0 bridgehead atoms. The Morgan fingerprint density at radius 1 is 0.682 bits per heavy atom. The van der Waals surface area contributed by atoms with Crippen molar-refractivity contribution in [2.75, 3.05) is 0 Å². The van der Waals surface area contributed by atoms with E-state index in [2.05, 4.69) is 15.6 Å². The summed E-state index contributed by atoms with van der Waals surface area (Å²) >= 11 is 2.55. The minimum atomic E-state index is -4.51. The fourth-order valence-electron chi connectivity index (χ4n) is 1.84. The number of halogens is 6. The van der Waals surface area contributed by atoms with E-state index in [0.717, 1.165) is 24.3 Å². The topological polar surface area (TPSA) is 0 Å². The van der Waals surface area contributed by atoms with Crippen LogP contribution in [-0.4, -0.2) is 20.0 Å². The van der Waals surface area contributed by atoms with Gasteiger partial charge >= 0.3 is 129 Å². The number of hydrogen-bond acceptors (Lipinski definition) is 0. The second kappa shape index (κ2) is 5.89. The SMILES string of the molecule is FC(F)(F)c1cccc(C(=[Se])c2cccc(C(F)(F)F)c2)c1. The van der Waals surface area contributed by atoms with Crippen molar-refractivity contribution in [1.82, 2.24) is 0 Å². The Morgan fingerprint density at radius 3 is 1.36 bits per heavy atom. The molecule has 0 spiro atoms. The third kappa shape index (κ3) is 3.78. The average Bonchev–Trinajstić information content (AvgIpc) is 2.45. The van der Waals surface area contributed by atoms with Gasteiger partial charge in [-0.1, -0.05) is 0 Å². The van der Waals surface area contributed by atoms with E-state index in [1.54, 1.807) is 0 Å². The van der Waals surface area contributed by atoms with Crippen molar-refractivity contribution in [3.63, 3.8) is 0 Å². The maximum atomic E-state index is 12.7. The van der Waals surface area contributed by atoms with Gasteiger partial charge in [0.1, 0.15) is 0 Å². The third-order valence-electron chi connectivity index (χ3n) is 2.90. The molecule has 0 saturated heterocycles. The maximum absolute atomic E-state index is 12.7. The molecule has 2 rings (SSSR count). The zero-order valence-electron chi connectivity index (χ0n) is 10.8. The molecular formula is C15H8F6Se. The van der Waals surface area contributed by atoms with Gasteiger partial charge in [0, 0.05) is 0 Å². The van der Waals surface area contributed by atoms with Crippen molar-refractivity contribution in [2.24, 2.45) is 0 Å². The molecule has 7 heteroatoms. The summed E-state index contributed by atoms with van der Waals surface area (Å²) in [6.45, 7) is 0. The molecule has 0 atom stereocenters. The molecule has 0 aliphatic heterocycles. The molecule has 116 valence electrons. The molecule has 2 aromatic rings. The van der Waals surface area contributed by atoms with Gasteiger partial charge in [-0.3, -0.25) is 0 Å². The van der Waals surface area contributed by atoms with Crippen LogP contribution in [0.5, 0.6) is 0 Å². The Kier molecular flexibility index (Phi) is 4.49. The molecule has 0 nitrogen and oxygen atoms in total.